The van der Waals surface area contributed by atoms with Crippen molar-refractivity contribution in [1.82, 2.24) is 0 Å². The van der Waals surface area contributed by atoms with E-state index in [-0.39, 0.29) is 16.5 Å². The number of carbonyl (C=O) groups is 1. The molecular weight excluding hydrogens is 214 g/mol. The zero-order chi connectivity index (χ0) is 10.0. The highest BCUT2D eigenvalue weighted by molar-refractivity contribution is 6.33. The van der Waals surface area contributed by atoms with Crippen LogP contribution in [0, 0.1) is 12.7 Å². The number of hydrogen-bond acceptors (Lipinski definition) is 1. The van der Waals surface area contributed by atoms with Crippen molar-refractivity contribution in [2.75, 3.05) is 5.88 Å². The average Bonchev–Trinajstić information content (AvgIpc) is 2.12. The molecule has 1 aromatic carbocycles. The Balaban J connectivity index is 3.33. The largest absolute Gasteiger partial charge is 0.293 e. The Hall–Kier alpha value is -0.600. The predicted octanol–water partition coefficient (Wildman–Crippen LogP) is 3.21. The van der Waals surface area contributed by atoms with Crippen molar-refractivity contribution in [2.24, 2.45) is 0 Å². The van der Waals surface area contributed by atoms with Gasteiger partial charge in [-0.15, -0.1) is 11.6 Å². The van der Waals surface area contributed by atoms with Crippen LogP contribution in [0.25, 0.3) is 0 Å². The Kier molecular flexibility index (Phi) is 3.28. The van der Waals surface area contributed by atoms with E-state index < -0.39 is 11.6 Å². The molecule has 0 atom stereocenters. The van der Waals surface area contributed by atoms with Crippen LogP contribution in [0.5, 0.6) is 0 Å². The summed E-state index contributed by atoms with van der Waals surface area (Å²) in [6, 6.07) is 3.00. The van der Waals surface area contributed by atoms with Crippen LogP contribution < -0.4 is 0 Å². The highest BCUT2D eigenvalue weighted by Crippen LogP contribution is 2.22. The number of aryl methyl sites for hydroxylation is 1. The maximum absolute atomic E-state index is 13.3. The highest BCUT2D eigenvalue weighted by Gasteiger charge is 2.15. The third-order valence-corrected chi connectivity index (χ3v) is 2.24. The molecule has 0 radical (unpaired) electrons. The van der Waals surface area contributed by atoms with E-state index in [9.17, 15) is 9.18 Å². The van der Waals surface area contributed by atoms with Crippen molar-refractivity contribution in [3.63, 3.8) is 0 Å². The highest BCUT2D eigenvalue weighted by atomic mass is 35.5. The lowest BCUT2D eigenvalue weighted by atomic mass is 10.1. The van der Waals surface area contributed by atoms with Crippen molar-refractivity contribution in [3.05, 3.63) is 34.1 Å². The minimum Gasteiger partial charge on any atom is -0.293 e. The van der Waals surface area contributed by atoms with E-state index in [1.54, 1.807) is 13.0 Å². The number of rotatable bonds is 2. The lowest BCUT2D eigenvalue weighted by Gasteiger charge is -2.05. The molecule has 0 aromatic heterocycles. The summed E-state index contributed by atoms with van der Waals surface area (Å²) in [6.07, 6.45) is 0. The Morgan fingerprint density at radius 2 is 2.15 bits per heavy atom. The van der Waals surface area contributed by atoms with Gasteiger partial charge in [0, 0.05) is 0 Å². The third-order valence-electron chi connectivity index (χ3n) is 1.70. The molecule has 0 saturated carbocycles. The van der Waals surface area contributed by atoms with Gasteiger partial charge in [-0.1, -0.05) is 17.7 Å². The molecular formula is C9H7Cl2FO. The molecule has 70 valence electrons. The van der Waals surface area contributed by atoms with Crippen molar-refractivity contribution in [2.45, 2.75) is 6.92 Å². The number of alkyl halides is 1. The van der Waals surface area contributed by atoms with Crippen molar-refractivity contribution in [1.29, 1.82) is 0 Å². The van der Waals surface area contributed by atoms with E-state index in [2.05, 4.69) is 0 Å². The van der Waals surface area contributed by atoms with E-state index in [4.69, 9.17) is 23.2 Å². The van der Waals surface area contributed by atoms with Gasteiger partial charge in [0.1, 0.15) is 0 Å². The Morgan fingerprint density at radius 1 is 1.54 bits per heavy atom. The molecule has 0 spiro atoms. The quantitative estimate of drug-likeness (QED) is 0.553. The fourth-order valence-corrected chi connectivity index (χ4v) is 1.35. The van der Waals surface area contributed by atoms with Crippen LogP contribution >= 0.6 is 23.2 Å². The summed E-state index contributed by atoms with van der Waals surface area (Å²) in [6.45, 7) is 1.64. The summed E-state index contributed by atoms with van der Waals surface area (Å²) in [5.74, 6) is -1.37. The molecule has 0 heterocycles. The molecule has 0 aliphatic rings. The molecule has 0 fully saturated rings. The molecule has 4 heteroatoms. The second-order valence-corrected chi connectivity index (χ2v) is 3.28. The number of Topliss-reactive ketones (excluding diaryl/α,β-unsaturated/α-hetero) is 1. The molecule has 0 saturated heterocycles. The van der Waals surface area contributed by atoms with Gasteiger partial charge in [0.2, 0.25) is 0 Å². The van der Waals surface area contributed by atoms with E-state index in [0.717, 1.165) is 0 Å². The van der Waals surface area contributed by atoms with Crippen LogP contribution in [0.2, 0.25) is 5.02 Å². The van der Waals surface area contributed by atoms with Gasteiger partial charge in [-0.25, -0.2) is 4.39 Å². The monoisotopic (exact) mass is 220 g/mol. The summed E-state index contributed by atoms with van der Waals surface area (Å²) in [4.78, 5) is 11.2. The minimum atomic E-state index is -0.688. The normalized spacial score (nSPS) is 10.2. The zero-order valence-corrected chi connectivity index (χ0v) is 8.42. The lowest BCUT2D eigenvalue weighted by molar-refractivity contribution is 0.101. The third kappa shape index (κ3) is 2.01. The fourth-order valence-electron chi connectivity index (χ4n) is 1.06. The van der Waals surface area contributed by atoms with E-state index >= 15 is 0 Å². The Bertz CT molecular complexity index is 350. The van der Waals surface area contributed by atoms with E-state index in [1.807, 2.05) is 0 Å². The average molecular weight is 221 g/mol. The standard InChI is InChI=1S/C9H7Cl2FO/c1-5-2-3-6(11)9(12)8(5)7(13)4-10/h2-3H,4H2,1H3. The predicted molar refractivity (Wildman–Crippen MR) is 51.2 cm³/mol. The van der Waals surface area contributed by atoms with E-state index in [1.165, 1.54) is 6.07 Å². The first-order valence-corrected chi connectivity index (χ1v) is 4.53. The van der Waals surface area contributed by atoms with Gasteiger partial charge in [0.25, 0.3) is 0 Å². The van der Waals surface area contributed by atoms with Gasteiger partial charge in [-0.3, -0.25) is 4.79 Å². The smallest absolute Gasteiger partial charge is 0.180 e. The van der Waals surface area contributed by atoms with Gasteiger partial charge in [-0.2, -0.15) is 0 Å². The molecule has 0 bridgehead atoms. The fraction of sp³-hybridized carbons (Fsp3) is 0.222. The van der Waals surface area contributed by atoms with Crippen molar-refractivity contribution in [3.8, 4) is 0 Å². The van der Waals surface area contributed by atoms with E-state index in [0.29, 0.717) is 5.56 Å². The van der Waals surface area contributed by atoms with Crippen LogP contribution in [-0.2, 0) is 0 Å². The first-order valence-electron chi connectivity index (χ1n) is 3.61. The Labute approximate surface area is 85.5 Å². The van der Waals surface area contributed by atoms with Crippen molar-refractivity contribution >= 4 is 29.0 Å². The van der Waals surface area contributed by atoms with Gasteiger partial charge in [0.15, 0.2) is 11.6 Å². The summed E-state index contributed by atoms with van der Waals surface area (Å²) in [5.41, 5.74) is 0.537. The lowest BCUT2D eigenvalue weighted by Crippen LogP contribution is -2.06. The zero-order valence-electron chi connectivity index (χ0n) is 6.90. The van der Waals surface area contributed by atoms with Crippen LogP contribution in [0.4, 0.5) is 4.39 Å². The summed E-state index contributed by atoms with van der Waals surface area (Å²) >= 11 is 10.8. The molecule has 1 nitrogen and oxygen atoms in total. The summed E-state index contributed by atoms with van der Waals surface area (Å²) in [7, 11) is 0. The topological polar surface area (TPSA) is 17.1 Å². The first kappa shape index (κ1) is 10.5. The molecule has 0 N–H and O–H groups in total. The summed E-state index contributed by atoms with van der Waals surface area (Å²) < 4.78 is 13.3. The number of benzene rings is 1. The molecule has 1 rings (SSSR count). The molecule has 13 heavy (non-hydrogen) atoms. The van der Waals surface area contributed by atoms with Crippen LogP contribution in [0.3, 0.4) is 0 Å². The number of ketones is 1. The van der Waals surface area contributed by atoms with Crippen LogP contribution in [0.1, 0.15) is 15.9 Å². The molecule has 0 aliphatic carbocycles. The first-order chi connectivity index (χ1) is 6.07. The van der Waals surface area contributed by atoms with Gasteiger partial charge < -0.3 is 0 Å². The molecule has 1 aromatic rings. The van der Waals surface area contributed by atoms with Gasteiger partial charge in [-0.05, 0) is 18.6 Å². The second kappa shape index (κ2) is 4.07. The number of hydrogen-bond donors (Lipinski definition) is 0. The van der Waals surface area contributed by atoms with Gasteiger partial charge >= 0.3 is 0 Å². The van der Waals surface area contributed by atoms with Crippen molar-refractivity contribution < 1.29 is 9.18 Å². The SMILES string of the molecule is Cc1ccc(Cl)c(F)c1C(=O)CCl. The molecule has 0 unspecified atom stereocenters. The van der Waals surface area contributed by atoms with Gasteiger partial charge in [0.05, 0.1) is 16.5 Å². The minimum absolute atomic E-state index is 0.0116. The van der Waals surface area contributed by atoms with Crippen LogP contribution in [0.15, 0.2) is 12.1 Å². The number of halogens is 3. The molecule has 0 amide bonds. The maximum atomic E-state index is 13.3. The second-order valence-electron chi connectivity index (χ2n) is 2.61. The van der Waals surface area contributed by atoms with Crippen LogP contribution in [-0.4, -0.2) is 11.7 Å². The molecule has 0 aliphatic heterocycles. The summed E-state index contributed by atoms with van der Waals surface area (Å²) in [5, 5.41) is -0.0564. The Morgan fingerprint density at radius 3 is 2.69 bits per heavy atom. The number of carbonyl (C=O) groups excluding carboxylic acids is 1. The maximum Gasteiger partial charge on any atom is 0.180 e.